The highest BCUT2D eigenvalue weighted by Crippen LogP contribution is 2.24. The molecule has 3 rings (SSSR count). The zero-order valence-electron chi connectivity index (χ0n) is 9.63. The van der Waals surface area contributed by atoms with Gasteiger partial charge in [-0.1, -0.05) is 34.1 Å². The van der Waals surface area contributed by atoms with Crippen LogP contribution in [0.2, 0.25) is 0 Å². The Balaban J connectivity index is 2.15. The predicted molar refractivity (Wildman–Crippen MR) is 73.0 cm³/mol. The van der Waals surface area contributed by atoms with Crippen LogP contribution in [-0.4, -0.2) is 20.4 Å². The summed E-state index contributed by atoms with van der Waals surface area (Å²) in [6.45, 7) is 1.77. The van der Waals surface area contributed by atoms with E-state index in [0.29, 0.717) is 11.6 Å². The van der Waals surface area contributed by atoms with E-state index < -0.39 is 0 Å². The van der Waals surface area contributed by atoms with Crippen molar-refractivity contribution in [3.8, 4) is 11.4 Å². The van der Waals surface area contributed by atoms with Crippen molar-refractivity contribution in [1.82, 2.24) is 20.4 Å². The van der Waals surface area contributed by atoms with Crippen molar-refractivity contribution in [2.45, 2.75) is 6.92 Å². The summed E-state index contributed by atoms with van der Waals surface area (Å²) in [5, 5.41) is 18.2. The number of nitrogens with zero attached hydrogens (tertiary/aromatic N) is 4. The molecule has 0 unspecified atom stereocenters. The largest absolute Gasteiger partial charge is 0.203 e. The quantitative estimate of drug-likeness (QED) is 0.693. The van der Waals surface area contributed by atoms with E-state index in [9.17, 15) is 0 Å². The number of aryl methyl sites for hydroxylation is 1. The van der Waals surface area contributed by atoms with Crippen LogP contribution < -0.4 is 0 Å². The molecule has 0 saturated heterocycles. The first-order valence-electron chi connectivity index (χ1n) is 5.46. The number of halogens is 1. The molecule has 0 aliphatic carbocycles. The van der Waals surface area contributed by atoms with Gasteiger partial charge < -0.3 is 0 Å². The van der Waals surface area contributed by atoms with Gasteiger partial charge in [-0.15, -0.1) is 20.4 Å². The minimum Gasteiger partial charge on any atom is -0.131 e. The van der Waals surface area contributed by atoms with Crippen molar-refractivity contribution >= 4 is 26.7 Å². The maximum atomic E-state index is 4.04. The number of fused-ring (bicyclic) bond motifs is 1. The maximum Gasteiger partial charge on any atom is 0.203 e. The Bertz CT molecular complexity index is 710. The fourth-order valence-corrected chi connectivity index (χ4v) is 2.13. The normalized spacial score (nSPS) is 10.8. The minimum absolute atomic E-state index is 0.544. The lowest BCUT2D eigenvalue weighted by Gasteiger charge is -2.02. The first-order valence-corrected chi connectivity index (χ1v) is 6.25. The van der Waals surface area contributed by atoms with Crippen LogP contribution in [0.4, 0.5) is 0 Å². The Kier molecular flexibility index (Phi) is 2.76. The molecule has 88 valence electrons. The average molecular weight is 301 g/mol. The number of rotatable bonds is 1. The molecule has 0 aliphatic heterocycles. The van der Waals surface area contributed by atoms with Gasteiger partial charge in [0.1, 0.15) is 0 Å². The molecule has 1 aromatic heterocycles. The van der Waals surface area contributed by atoms with E-state index in [4.69, 9.17) is 0 Å². The summed E-state index contributed by atoms with van der Waals surface area (Å²) in [5.74, 6) is 1.12. The second-order valence-corrected chi connectivity index (χ2v) is 4.89. The van der Waals surface area contributed by atoms with Crippen LogP contribution in [0.15, 0.2) is 40.9 Å². The second kappa shape index (κ2) is 4.42. The number of aromatic nitrogens is 4. The van der Waals surface area contributed by atoms with Gasteiger partial charge in [0.15, 0.2) is 5.82 Å². The van der Waals surface area contributed by atoms with Gasteiger partial charge in [-0.05, 0) is 35.9 Å². The molecule has 3 aromatic rings. The first-order chi connectivity index (χ1) is 8.72. The standard InChI is InChI=1S/C13H9BrN4/c1-8-15-17-13(18-16-8)10-3-2-9-4-5-12(14)7-11(9)6-10/h2-7H,1H3. The molecule has 0 bridgehead atoms. The Hall–Kier alpha value is -1.88. The van der Waals surface area contributed by atoms with Gasteiger partial charge in [0, 0.05) is 10.0 Å². The third-order valence-corrected chi connectivity index (χ3v) is 3.13. The molecule has 0 amide bonds. The van der Waals surface area contributed by atoms with Gasteiger partial charge in [0.2, 0.25) is 5.82 Å². The lowest BCUT2D eigenvalue weighted by Crippen LogP contribution is -1.98. The van der Waals surface area contributed by atoms with E-state index in [-0.39, 0.29) is 0 Å². The second-order valence-electron chi connectivity index (χ2n) is 3.98. The Morgan fingerprint density at radius 2 is 1.56 bits per heavy atom. The van der Waals surface area contributed by atoms with Gasteiger partial charge in [0.25, 0.3) is 0 Å². The molecule has 4 nitrogen and oxygen atoms in total. The van der Waals surface area contributed by atoms with Crippen LogP contribution in [-0.2, 0) is 0 Å². The van der Waals surface area contributed by atoms with Crippen molar-refractivity contribution < 1.29 is 0 Å². The Labute approximate surface area is 112 Å². The zero-order chi connectivity index (χ0) is 12.5. The van der Waals surface area contributed by atoms with Crippen molar-refractivity contribution in [3.05, 3.63) is 46.7 Å². The van der Waals surface area contributed by atoms with Crippen LogP contribution in [0.5, 0.6) is 0 Å². The van der Waals surface area contributed by atoms with Gasteiger partial charge in [-0.2, -0.15) is 0 Å². The van der Waals surface area contributed by atoms with Crippen molar-refractivity contribution in [2.24, 2.45) is 0 Å². The van der Waals surface area contributed by atoms with Gasteiger partial charge in [-0.25, -0.2) is 0 Å². The Morgan fingerprint density at radius 1 is 0.833 bits per heavy atom. The highest BCUT2D eigenvalue weighted by Gasteiger charge is 2.04. The van der Waals surface area contributed by atoms with Crippen LogP contribution in [0, 0.1) is 6.92 Å². The fourth-order valence-electron chi connectivity index (χ4n) is 1.75. The van der Waals surface area contributed by atoms with E-state index >= 15 is 0 Å². The summed E-state index contributed by atoms with van der Waals surface area (Å²) in [6.07, 6.45) is 0. The number of benzene rings is 2. The lowest BCUT2D eigenvalue weighted by atomic mass is 10.1. The maximum absolute atomic E-state index is 4.04. The number of hydrogen-bond acceptors (Lipinski definition) is 4. The first kappa shape index (κ1) is 11.2. The highest BCUT2D eigenvalue weighted by molar-refractivity contribution is 9.10. The average Bonchev–Trinajstić information content (AvgIpc) is 2.38. The van der Waals surface area contributed by atoms with Crippen LogP contribution in [0.3, 0.4) is 0 Å². The SMILES string of the molecule is Cc1nnc(-c2ccc3ccc(Br)cc3c2)nn1. The van der Waals surface area contributed by atoms with Crippen LogP contribution in [0.1, 0.15) is 5.82 Å². The molecular weight excluding hydrogens is 292 g/mol. The molecule has 0 fully saturated rings. The molecule has 0 N–H and O–H groups in total. The molecule has 0 atom stereocenters. The Morgan fingerprint density at radius 3 is 2.33 bits per heavy atom. The molecule has 1 heterocycles. The summed E-state index contributed by atoms with van der Waals surface area (Å²) in [5.41, 5.74) is 0.917. The highest BCUT2D eigenvalue weighted by atomic mass is 79.9. The molecular formula is C13H9BrN4. The monoisotopic (exact) mass is 300 g/mol. The van der Waals surface area contributed by atoms with Crippen molar-refractivity contribution in [2.75, 3.05) is 0 Å². The summed E-state index contributed by atoms with van der Waals surface area (Å²) < 4.78 is 1.05. The topological polar surface area (TPSA) is 51.6 Å². The van der Waals surface area contributed by atoms with Crippen molar-refractivity contribution in [3.63, 3.8) is 0 Å². The van der Waals surface area contributed by atoms with Crippen LogP contribution >= 0.6 is 15.9 Å². The van der Waals surface area contributed by atoms with Gasteiger partial charge >= 0.3 is 0 Å². The summed E-state index contributed by atoms with van der Waals surface area (Å²) in [7, 11) is 0. The smallest absolute Gasteiger partial charge is 0.131 e. The van der Waals surface area contributed by atoms with E-state index in [1.165, 1.54) is 5.39 Å². The molecule has 2 aromatic carbocycles. The molecule has 0 spiro atoms. The van der Waals surface area contributed by atoms with E-state index in [0.717, 1.165) is 15.4 Å². The predicted octanol–water partition coefficient (Wildman–Crippen LogP) is 3.16. The van der Waals surface area contributed by atoms with Crippen molar-refractivity contribution in [1.29, 1.82) is 0 Å². The third-order valence-electron chi connectivity index (χ3n) is 2.64. The summed E-state index contributed by atoms with van der Waals surface area (Å²) >= 11 is 3.47. The van der Waals surface area contributed by atoms with Crippen LogP contribution in [0.25, 0.3) is 22.2 Å². The van der Waals surface area contributed by atoms with E-state index in [1.807, 2.05) is 24.3 Å². The van der Waals surface area contributed by atoms with Gasteiger partial charge in [0.05, 0.1) is 0 Å². The number of hydrogen-bond donors (Lipinski definition) is 0. The fraction of sp³-hybridized carbons (Fsp3) is 0.0769. The molecule has 5 heteroatoms. The van der Waals surface area contributed by atoms with E-state index in [1.54, 1.807) is 6.92 Å². The third kappa shape index (κ3) is 2.09. The molecule has 0 saturated carbocycles. The summed E-state index contributed by atoms with van der Waals surface area (Å²) in [6, 6.07) is 12.2. The summed E-state index contributed by atoms with van der Waals surface area (Å²) in [4.78, 5) is 0. The zero-order valence-corrected chi connectivity index (χ0v) is 11.2. The molecule has 0 aliphatic rings. The molecule has 18 heavy (non-hydrogen) atoms. The van der Waals surface area contributed by atoms with Gasteiger partial charge in [-0.3, -0.25) is 0 Å². The minimum atomic E-state index is 0.544. The lowest BCUT2D eigenvalue weighted by molar-refractivity contribution is 0.816. The molecule has 0 radical (unpaired) electrons. The van der Waals surface area contributed by atoms with E-state index in [2.05, 4.69) is 48.5 Å².